The Kier molecular flexibility index (Phi) is 5.36. The zero-order chi connectivity index (χ0) is 13.7. The lowest BCUT2D eigenvalue weighted by Crippen LogP contribution is -2.43. The summed E-state index contributed by atoms with van der Waals surface area (Å²) in [7, 11) is 0. The fourth-order valence-electron chi connectivity index (χ4n) is 4.34. The summed E-state index contributed by atoms with van der Waals surface area (Å²) in [6.07, 6.45) is 11.7. The Balaban J connectivity index is 1.28. The maximum atomic E-state index is 5.42. The van der Waals surface area contributed by atoms with E-state index in [9.17, 15) is 0 Å². The molecule has 0 aromatic heterocycles. The third-order valence-electron chi connectivity index (χ3n) is 5.89. The van der Waals surface area contributed by atoms with Crippen molar-refractivity contribution in [1.82, 2.24) is 10.2 Å². The van der Waals surface area contributed by atoms with Crippen LogP contribution >= 0.6 is 0 Å². The highest BCUT2D eigenvalue weighted by Gasteiger charge is 2.35. The number of nitrogens with one attached hydrogen (secondary N) is 1. The van der Waals surface area contributed by atoms with Crippen LogP contribution in [0.5, 0.6) is 0 Å². The fraction of sp³-hybridized carbons (Fsp3) is 1.00. The van der Waals surface area contributed by atoms with E-state index in [1.165, 1.54) is 71.0 Å². The Bertz CT molecular complexity index is 273. The molecule has 1 N–H and O–H groups in total. The molecule has 3 nitrogen and oxygen atoms in total. The van der Waals surface area contributed by atoms with Gasteiger partial charge < -0.3 is 15.0 Å². The van der Waals surface area contributed by atoms with Gasteiger partial charge in [-0.25, -0.2) is 0 Å². The molecule has 3 aliphatic rings. The first kappa shape index (κ1) is 14.8. The number of ether oxygens (including phenoxy) is 1. The summed E-state index contributed by atoms with van der Waals surface area (Å²) in [6, 6.07) is 0. The van der Waals surface area contributed by atoms with Crippen LogP contribution in [0.4, 0.5) is 0 Å². The highest BCUT2D eigenvalue weighted by Crippen LogP contribution is 2.44. The monoisotopic (exact) mass is 280 g/mol. The molecule has 1 saturated carbocycles. The molecule has 20 heavy (non-hydrogen) atoms. The van der Waals surface area contributed by atoms with E-state index in [4.69, 9.17) is 4.74 Å². The molecule has 1 unspecified atom stereocenters. The smallest absolute Gasteiger partial charge is 0.0507 e. The van der Waals surface area contributed by atoms with Crippen molar-refractivity contribution < 1.29 is 4.74 Å². The topological polar surface area (TPSA) is 24.5 Å². The van der Waals surface area contributed by atoms with Crippen molar-refractivity contribution in [2.45, 2.75) is 51.4 Å². The van der Waals surface area contributed by atoms with Gasteiger partial charge in [-0.3, -0.25) is 0 Å². The molecule has 1 spiro atoms. The number of piperidine rings is 1. The average Bonchev–Trinajstić information content (AvgIpc) is 3.00. The number of rotatable bonds is 5. The van der Waals surface area contributed by atoms with Crippen molar-refractivity contribution in [2.75, 3.05) is 45.9 Å². The zero-order valence-electron chi connectivity index (χ0n) is 13.0. The fourth-order valence-corrected chi connectivity index (χ4v) is 4.34. The molecule has 3 fully saturated rings. The van der Waals surface area contributed by atoms with Crippen LogP contribution < -0.4 is 5.32 Å². The van der Waals surface area contributed by atoms with E-state index in [-0.39, 0.29) is 0 Å². The third kappa shape index (κ3) is 3.96. The largest absolute Gasteiger partial charge is 0.381 e. The van der Waals surface area contributed by atoms with Crippen molar-refractivity contribution in [3.8, 4) is 0 Å². The zero-order valence-corrected chi connectivity index (χ0v) is 13.0. The van der Waals surface area contributed by atoms with Crippen LogP contribution in [0.2, 0.25) is 0 Å². The molecule has 0 aromatic carbocycles. The van der Waals surface area contributed by atoms with E-state index in [1.807, 2.05) is 0 Å². The van der Waals surface area contributed by atoms with E-state index < -0.39 is 0 Å². The maximum Gasteiger partial charge on any atom is 0.0507 e. The van der Waals surface area contributed by atoms with E-state index in [0.29, 0.717) is 0 Å². The minimum Gasteiger partial charge on any atom is -0.381 e. The number of nitrogens with zero attached hydrogens (tertiary/aromatic N) is 1. The normalized spacial score (nSPS) is 30.9. The van der Waals surface area contributed by atoms with Gasteiger partial charge in [-0.05, 0) is 56.5 Å². The summed E-state index contributed by atoms with van der Waals surface area (Å²) in [5.74, 6) is 0.766. The van der Waals surface area contributed by atoms with Crippen LogP contribution in [0.15, 0.2) is 0 Å². The first-order valence-corrected chi connectivity index (χ1v) is 8.87. The minimum absolute atomic E-state index is 0.753. The van der Waals surface area contributed by atoms with Crippen molar-refractivity contribution in [2.24, 2.45) is 11.3 Å². The predicted molar refractivity (Wildman–Crippen MR) is 83.0 cm³/mol. The molecule has 2 heterocycles. The molecule has 1 atom stereocenters. The van der Waals surface area contributed by atoms with Gasteiger partial charge in [0.05, 0.1) is 6.61 Å². The van der Waals surface area contributed by atoms with Gasteiger partial charge in [0, 0.05) is 26.2 Å². The van der Waals surface area contributed by atoms with Crippen LogP contribution in [-0.4, -0.2) is 50.8 Å². The summed E-state index contributed by atoms with van der Waals surface area (Å²) in [4.78, 5) is 2.68. The lowest BCUT2D eigenvalue weighted by molar-refractivity contribution is 0.0682. The molecule has 2 saturated heterocycles. The number of likely N-dealkylation sites (tertiary alicyclic amines) is 1. The molecular weight excluding hydrogens is 248 g/mol. The summed E-state index contributed by atoms with van der Waals surface area (Å²) < 4.78 is 5.42. The Morgan fingerprint density at radius 2 is 1.85 bits per heavy atom. The summed E-state index contributed by atoms with van der Waals surface area (Å²) in [5, 5.41) is 3.62. The second kappa shape index (κ2) is 7.24. The molecular formula is C17H32N2O. The Morgan fingerprint density at radius 3 is 2.55 bits per heavy atom. The standard InChI is InChI=1S/C17H32N2O/c1-2-5-17(6-3-1)7-10-19(11-8-17)12-9-18-14-16-4-13-20-15-16/h16,18H,1-15H2. The van der Waals surface area contributed by atoms with Crippen LogP contribution in [-0.2, 0) is 4.74 Å². The highest BCUT2D eigenvalue weighted by molar-refractivity contribution is 4.88. The summed E-state index contributed by atoms with van der Waals surface area (Å²) in [6.45, 7) is 8.17. The van der Waals surface area contributed by atoms with Crippen molar-refractivity contribution in [3.05, 3.63) is 0 Å². The second-order valence-corrected chi connectivity index (χ2v) is 7.34. The summed E-state index contributed by atoms with van der Waals surface area (Å²) in [5.41, 5.74) is 0.753. The van der Waals surface area contributed by atoms with Crippen molar-refractivity contribution >= 4 is 0 Å². The SMILES string of the molecule is C1CCC2(CC1)CCN(CCNCC1CCOC1)CC2. The van der Waals surface area contributed by atoms with Crippen LogP contribution in [0.3, 0.4) is 0 Å². The molecule has 0 aromatic rings. The second-order valence-electron chi connectivity index (χ2n) is 7.34. The first-order valence-electron chi connectivity index (χ1n) is 8.87. The maximum absolute atomic E-state index is 5.42. The van der Waals surface area contributed by atoms with Crippen LogP contribution in [0, 0.1) is 11.3 Å². The van der Waals surface area contributed by atoms with Gasteiger partial charge >= 0.3 is 0 Å². The molecule has 3 heteroatoms. The highest BCUT2D eigenvalue weighted by atomic mass is 16.5. The third-order valence-corrected chi connectivity index (χ3v) is 5.89. The lowest BCUT2D eigenvalue weighted by Gasteiger charge is -2.44. The Hall–Kier alpha value is -0.120. The molecule has 2 aliphatic heterocycles. The van der Waals surface area contributed by atoms with E-state index in [2.05, 4.69) is 10.2 Å². The van der Waals surface area contributed by atoms with E-state index in [0.717, 1.165) is 37.6 Å². The predicted octanol–water partition coefficient (Wildman–Crippen LogP) is 2.66. The van der Waals surface area contributed by atoms with E-state index in [1.54, 1.807) is 0 Å². The molecule has 116 valence electrons. The number of hydrogen-bond acceptors (Lipinski definition) is 3. The average molecular weight is 280 g/mol. The van der Waals surface area contributed by atoms with Gasteiger partial charge in [0.15, 0.2) is 0 Å². The lowest BCUT2D eigenvalue weighted by atomic mass is 9.68. The van der Waals surface area contributed by atoms with Crippen LogP contribution in [0.1, 0.15) is 51.4 Å². The van der Waals surface area contributed by atoms with Gasteiger partial charge in [0.1, 0.15) is 0 Å². The van der Waals surface area contributed by atoms with Crippen LogP contribution in [0.25, 0.3) is 0 Å². The first-order chi connectivity index (χ1) is 9.86. The Morgan fingerprint density at radius 1 is 1.05 bits per heavy atom. The molecule has 0 bridgehead atoms. The van der Waals surface area contributed by atoms with Gasteiger partial charge in [-0.2, -0.15) is 0 Å². The molecule has 0 radical (unpaired) electrons. The molecule has 0 amide bonds. The van der Waals surface area contributed by atoms with Gasteiger partial charge in [0.25, 0.3) is 0 Å². The van der Waals surface area contributed by atoms with Gasteiger partial charge in [-0.1, -0.05) is 19.3 Å². The van der Waals surface area contributed by atoms with Crippen molar-refractivity contribution in [3.63, 3.8) is 0 Å². The molecule has 1 aliphatic carbocycles. The van der Waals surface area contributed by atoms with Crippen molar-refractivity contribution in [1.29, 1.82) is 0 Å². The number of hydrogen-bond donors (Lipinski definition) is 1. The van der Waals surface area contributed by atoms with Gasteiger partial charge in [-0.15, -0.1) is 0 Å². The minimum atomic E-state index is 0.753. The summed E-state index contributed by atoms with van der Waals surface area (Å²) >= 11 is 0. The Labute approximate surface area is 124 Å². The van der Waals surface area contributed by atoms with Gasteiger partial charge in [0.2, 0.25) is 0 Å². The molecule has 3 rings (SSSR count). The van der Waals surface area contributed by atoms with E-state index >= 15 is 0 Å². The quantitative estimate of drug-likeness (QED) is 0.784.